The number of nitrogens with zero attached hydrogens (tertiary/aromatic N) is 2. The molecule has 0 saturated heterocycles. The number of furan rings is 1. The van der Waals surface area contributed by atoms with Gasteiger partial charge in [-0.05, 0) is 12.5 Å². The molecule has 2 heterocycles. The zero-order chi connectivity index (χ0) is 14.3. The van der Waals surface area contributed by atoms with Gasteiger partial charge >= 0.3 is 5.97 Å². The van der Waals surface area contributed by atoms with Gasteiger partial charge in [0.2, 0.25) is 0 Å². The summed E-state index contributed by atoms with van der Waals surface area (Å²) >= 11 is 0. The van der Waals surface area contributed by atoms with Crippen LogP contribution in [0.2, 0.25) is 0 Å². The average molecular weight is 270 g/mol. The number of hydrogen-bond donors (Lipinski definition) is 1. The van der Waals surface area contributed by atoms with Crippen molar-refractivity contribution in [3.63, 3.8) is 0 Å². The number of carboxylic acids is 1. The van der Waals surface area contributed by atoms with Gasteiger partial charge in [-0.15, -0.1) is 0 Å². The molecule has 2 aromatic heterocycles. The van der Waals surface area contributed by atoms with Gasteiger partial charge in [-0.1, -0.05) is 25.1 Å². The average Bonchev–Trinajstić information content (AvgIpc) is 2.98. The van der Waals surface area contributed by atoms with Crippen LogP contribution >= 0.6 is 0 Å². The Morgan fingerprint density at radius 1 is 1.40 bits per heavy atom. The molecule has 1 N–H and O–H groups in total. The van der Waals surface area contributed by atoms with Crippen molar-refractivity contribution in [3.05, 3.63) is 41.6 Å². The topological polar surface area (TPSA) is 68.3 Å². The number of aromatic carboxylic acids is 1. The summed E-state index contributed by atoms with van der Waals surface area (Å²) in [6.07, 6.45) is 2.24. The molecule has 20 heavy (non-hydrogen) atoms. The maximum atomic E-state index is 11.3. The maximum Gasteiger partial charge on any atom is 0.339 e. The van der Waals surface area contributed by atoms with Crippen molar-refractivity contribution in [1.29, 1.82) is 0 Å². The standard InChI is InChI=1S/C15H14N2O3/c1-3-9-10-6-4-5-7-12(10)20-14(9)13-11(15(18)19)8-17(2)16-13/h4-8H,3H2,1-2H3,(H,18,19). The van der Waals surface area contributed by atoms with Crippen LogP contribution in [0.3, 0.4) is 0 Å². The van der Waals surface area contributed by atoms with Crippen molar-refractivity contribution < 1.29 is 14.3 Å². The first-order valence-corrected chi connectivity index (χ1v) is 6.39. The highest BCUT2D eigenvalue weighted by Gasteiger charge is 2.23. The lowest BCUT2D eigenvalue weighted by atomic mass is 10.1. The second kappa shape index (κ2) is 4.52. The minimum absolute atomic E-state index is 0.154. The van der Waals surface area contributed by atoms with E-state index in [0.29, 0.717) is 11.5 Å². The first-order valence-electron chi connectivity index (χ1n) is 6.39. The van der Waals surface area contributed by atoms with Crippen LogP contribution in [0.25, 0.3) is 22.4 Å². The molecule has 0 radical (unpaired) electrons. The van der Waals surface area contributed by atoms with Gasteiger partial charge in [0.25, 0.3) is 0 Å². The zero-order valence-corrected chi connectivity index (χ0v) is 11.3. The quantitative estimate of drug-likeness (QED) is 0.794. The zero-order valence-electron chi connectivity index (χ0n) is 11.3. The summed E-state index contributed by atoms with van der Waals surface area (Å²) in [5.74, 6) is -0.456. The van der Waals surface area contributed by atoms with E-state index in [1.807, 2.05) is 31.2 Å². The molecule has 0 amide bonds. The minimum atomic E-state index is -1.00. The van der Waals surface area contributed by atoms with E-state index in [1.54, 1.807) is 7.05 Å². The second-order valence-electron chi connectivity index (χ2n) is 4.63. The highest BCUT2D eigenvalue weighted by molar-refractivity contribution is 5.96. The molecule has 0 aliphatic rings. The molecule has 3 aromatic rings. The highest BCUT2D eigenvalue weighted by atomic mass is 16.4. The maximum absolute atomic E-state index is 11.3. The predicted octanol–water partition coefficient (Wildman–Crippen LogP) is 3.09. The van der Waals surface area contributed by atoms with Gasteiger partial charge in [0.15, 0.2) is 5.76 Å². The molecule has 0 fully saturated rings. The number of hydrogen-bond acceptors (Lipinski definition) is 3. The van der Waals surface area contributed by atoms with Crippen molar-refractivity contribution in [2.24, 2.45) is 7.05 Å². The number of aromatic nitrogens is 2. The molecule has 1 aromatic carbocycles. The van der Waals surface area contributed by atoms with Gasteiger partial charge < -0.3 is 9.52 Å². The number of rotatable bonds is 3. The molecule has 0 unspecified atom stereocenters. The van der Waals surface area contributed by atoms with Gasteiger partial charge in [0.05, 0.1) is 0 Å². The Kier molecular flexibility index (Phi) is 2.82. The lowest BCUT2D eigenvalue weighted by Crippen LogP contribution is -1.97. The smallest absolute Gasteiger partial charge is 0.339 e. The number of carboxylic acid groups (broad SMARTS) is 1. The lowest BCUT2D eigenvalue weighted by molar-refractivity contribution is 0.0697. The monoisotopic (exact) mass is 270 g/mol. The third-order valence-electron chi connectivity index (χ3n) is 3.33. The van der Waals surface area contributed by atoms with E-state index >= 15 is 0 Å². The van der Waals surface area contributed by atoms with E-state index < -0.39 is 5.97 Å². The molecule has 0 atom stereocenters. The SMILES string of the molecule is CCc1c(-c2nn(C)cc2C(=O)O)oc2ccccc12. The van der Waals surface area contributed by atoms with E-state index in [9.17, 15) is 9.90 Å². The molecule has 0 spiro atoms. The normalized spacial score (nSPS) is 11.1. The van der Waals surface area contributed by atoms with Crippen molar-refractivity contribution in [1.82, 2.24) is 9.78 Å². The fourth-order valence-electron chi connectivity index (χ4n) is 2.45. The number of fused-ring (bicyclic) bond motifs is 1. The molecule has 0 aliphatic heterocycles. The first-order chi connectivity index (χ1) is 9.61. The molecule has 5 heteroatoms. The second-order valence-corrected chi connectivity index (χ2v) is 4.63. The number of carbonyl (C=O) groups is 1. The fourth-order valence-corrected chi connectivity index (χ4v) is 2.45. The van der Waals surface area contributed by atoms with Crippen LogP contribution in [-0.2, 0) is 13.5 Å². The fraction of sp³-hybridized carbons (Fsp3) is 0.200. The van der Waals surface area contributed by atoms with E-state index in [4.69, 9.17) is 4.42 Å². The Balaban J connectivity index is 2.32. The van der Waals surface area contributed by atoms with Crippen LogP contribution in [0.15, 0.2) is 34.9 Å². The Bertz CT molecular complexity index is 799. The Labute approximate surface area is 115 Å². The minimum Gasteiger partial charge on any atom is -0.478 e. The van der Waals surface area contributed by atoms with E-state index in [1.165, 1.54) is 10.9 Å². The van der Waals surface area contributed by atoms with Crippen molar-refractivity contribution >= 4 is 16.9 Å². The molecule has 0 aliphatic carbocycles. The van der Waals surface area contributed by atoms with Crippen LogP contribution in [0.1, 0.15) is 22.8 Å². The number of para-hydroxylation sites is 1. The first kappa shape index (κ1) is 12.5. The van der Waals surface area contributed by atoms with Gasteiger partial charge in [-0.3, -0.25) is 4.68 Å². The van der Waals surface area contributed by atoms with Crippen molar-refractivity contribution in [3.8, 4) is 11.5 Å². The summed E-state index contributed by atoms with van der Waals surface area (Å²) in [7, 11) is 1.70. The molecule has 102 valence electrons. The van der Waals surface area contributed by atoms with Crippen molar-refractivity contribution in [2.45, 2.75) is 13.3 Å². The Morgan fingerprint density at radius 2 is 2.15 bits per heavy atom. The van der Waals surface area contributed by atoms with E-state index in [2.05, 4.69) is 5.10 Å². The molecule has 0 saturated carbocycles. The summed E-state index contributed by atoms with van der Waals surface area (Å²) in [6, 6.07) is 7.69. The third-order valence-corrected chi connectivity index (χ3v) is 3.33. The Morgan fingerprint density at radius 3 is 2.85 bits per heavy atom. The summed E-state index contributed by atoms with van der Waals surface area (Å²) < 4.78 is 7.33. The molecular formula is C15H14N2O3. The van der Waals surface area contributed by atoms with Crippen LogP contribution in [0.4, 0.5) is 0 Å². The molecule has 0 bridgehead atoms. The largest absolute Gasteiger partial charge is 0.478 e. The summed E-state index contributed by atoms with van der Waals surface area (Å²) in [5, 5.41) is 14.5. The number of benzene rings is 1. The molecule has 5 nitrogen and oxygen atoms in total. The molecule has 3 rings (SSSR count). The summed E-state index contributed by atoms with van der Waals surface area (Å²) in [6.45, 7) is 2.02. The Hall–Kier alpha value is -2.56. The van der Waals surface area contributed by atoms with Gasteiger partial charge in [0, 0.05) is 24.2 Å². The van der Waals surface area contributed by atoms with Crippen LogP contribution in [-0.4, -0.2) is 20.9 Å². The number of aryl methyl sites for hydroxylation is 2. The summed E-state index contributed by atoms with van der Waals surface area (Å²) in [4.78, 5) is 11.3. The third kappa shape index (κ3) is 1.79. The van der Waals surface area contributed by atoms with Gasteiger partial charge in [-0.25, -0.2) is 4.79 Å². The lowest BCUT2D eigenvalue weighted by Gasteiger charge is -1.98. The predicted molar refractivity (Wildman–Crippen MR) is 74.8 cm³/mol. The van der Waals surface area contributed by atoms with E-state index in [-0.39, 0.29) is 5.56 Å². The highest BCUT2D eigenvalue weighted by Crippen LogP contribution is 2.34. The van der Waals surface area contributed by atoms with Crippen molar-refractivity contribution in [2.75, 3.05) is 0 Å². The van der Waals surface area contributed by atoms with E-state index in [0.717, 1.165) is 23.0 Å². The van der Waals surface area contributed by atoms with Crippen LogP contribution < -0.4 is 0 Å². The van der Waals surface area contributed by atoms with Crippen LogP contribution in [0.5, 0.6) is 0 Å². The van der Waals surface area contributed by atoms with Gasteiger partial charge in [-0.2, -0.15) is 5.10 Å². The van der Waals surface area contributed by atoms with Gasteiger partial charge in [0.1, 0.15) is 16.8 Å². The van der Waals surface area contributed by atoms with Crippen LogP contribution in [0, 0.1) is 0 Å². The molecular weight excluding hydrogens is 256 g/mol. The summed E-state index contributed by atoms with van der Waals surface area (Å²) in [5.41, 5.74) is 2.28.